The van der Waals surface area contributed by atoms with E-state index in [0.717, 1.165) is 31.3 Å². The van der Waals surface area contributed by atoms with Crippen LogP contribution in [0.25, 0.3) is 0 Å². The highest BCUT2D eigenvalue weighted by Crippen LogP contribution is 2.37. The predicted molar refractivity (Wildman–Crippen MR) is 158 cm³/mol. The molecule has 0 heterocycles. The van der Waals surface area contributed by atoms with Gasteiger partial charge in [-0.15, -0.1) is 0 Å². The first-order chi connectivity index (χ1) is 17.0. The number of nitrogens with one attached hydrogen (secondary N) is 1. The van der Waals surface area contributed by atoms with Crippen molar-refractivity contribution in [2.75, 3.05) is 0 Å². The number of hydrogen-bond acceptors (Lipinski definition) is 1. The monoisotopic (exact) mass is 483 g/mol. The lowest BCUT2D eigenvalue weighted by Gasteiger charge is -2.31. The Hall–Kier alpha value is -0.400. The van der Waals surface area contributed by atoms with Crippen LogP contribution in [0.1, 0.15) is 162 Å². The lowest BCUT2D eigenvalue weighted by atomic mass is 9.49. The second-order valence-electron chi connectivity index (χ2n) is 13.8. The van der Waals surface area contributed by atoms with Gasteiger partial charge in [-0.2, -0.15) is 0 Å². The average Bonchev–Trinajstić information content (AvgIpc) is 2.90. The van der Waals surface area contributed by atoms with Crippen molar-refractivity contribution >= 4 is 20.4 Å². The van der Waals surface area contributed by atoms with Gasteiger partial charge in [0, 0.05) is 5.54 Å². The molecule has 0 bridgehead atoms. The molecule has 0 aromatic carbocycles. The van der Waals surface area contributed by atoms with Gasteiger partial charge in [0.05, 0.1) is 0 Å². The van der Waals surface area contributed by atoms with Gasteiger partial charge in [0.25, 0.3) is 0 Å². The third kappa shape index (κ3) is 12.6. The number of carbonyl (C=O) groups excluding carboxylic acids is 1. The number of hydrogen-bond donors (Lipinski definition) is 1. The quantitative estimate of drug-likeness (QED) is 0.343. The van der Waals surface area contributed by atoms with E-state index >= 15 is 0 Å². The van der Waals surface area contributed by atoms with Crippen LogP contribution < -0.4 is 5.32 Å². The first kappa shape index (κ1) is 29.2. The zero-order valence-electron chi connectivity index (χ0n) is 23.9. The third-order valence-corrected chi connectivity index (χ3v) is 9.95. The van der Waals surface area contributed by atoms with Gasteiger partial charge in [0.1, 0.15) is 7.28 Å². The summed E-state index contributed by atoms with van der Waals surface area (Å²) in [7, 11) is 2.29. The van der Waals surface area contributed by atoms with E-state index in [0.29, 0.717) is 11.6 Å². The molecule has 3 fully saturated rings. The van der Waals surface area contributed by atoms with Crippen LogP contribution >= 0.6 is 0 Å². The number of rotatable bonds is 8. The molecule has 3 saturated carbocycles. The molecule has 1 amide bonds. The fourth-order valence-corrected chi connectivity index (χ4v) is 7.69. The second kappa shape index (κ2) is 16.4. The van der Waals surface area contributed by atoms with Crippen LogP contribution in [0.3, 0.4) is 0 Å². The second-order valence-corrected chi connectivity index (χ2v) is 13.8. The van der Waals surface area contributed by atoms with Crippen molar-refractivity contribution in [2.24, 2.45) is 5.92 Å². The summed E-state index contributed by atoms with van der Waals surface area (Å²) >= 11 is 0. The van der Waals surface area contributed by atoms with Crippen molar-refractivity contribution in [3.05, 3.63) is 0 Å². The van der Waals surface area contributed by atoms with E-state index in [4.69, 9.17) is 0 Å². The van der Waals surface area contributed by atoms with Crippen LogP contribution in [0.15, 0.2) is 0 Å². The van der Waals surface area contributed by atoms with Crippen LogP contribution in [-0.2, 0) is 0 Å². The maximum atomic E-state index is 12.9. The molecule has 3 rings (SSSR count). The minimum Gasteiger partial charge on any atom is -0.360 e. The van der Waals surface area contributed by atoms with Crippen LogP contribution in [0, 0.1) is 5.92 Å². The van der Waals surface area contributed by atoms with E-state index in [1.54, 1.807) is 0 Å². The summed E-state index contributed by atoms with van der Waals surface area (Å²) in [5.74, 6) is 3.85. The van der Waals surface area contributed by atoms with E-state index in [9.17, 15) is 4.79 Å². The van der Waals surface area contributed by atoms with Crippen LogP contribution in [0.4, 0.5) is 4.79 Å². The molecule has 2 nitrogen and oxygen atoms in total. The van der Waals surface area contributed by atoms with Crippen LogP contribution in [0.2, 0.25) is 17.5 Å². The summed E-state index contributed by atoms with van der Waals surface area (Å²) in [6.07, 6.45) is 32.3. The van der Waals surface area contributed by atoms with E-state index in [1.165, 1.54) is 149 Å². The van der Waals surface area contributed by atoms with Gasteiger partial charge < -0.3 is 5.32 Å². The van der Waals surface area contributed by atoms with Gasteiger partial charge in [0.2, 0.25) is 7.28 Å². The van der Waals surface area contributed by atoms with Gasteiger partial charge in [-0.1, -0.05) is 152 Å². The normalized spacial score (nSPS) is 27.1. The molecule has 1 N–H and O–H groups in total. The van der Waals surface area contributed by atoms with Crippen molar-refractivity contribution in [1.29, 1.82) is 0 Å². The minimum atomic E-state index is -0.0568. The standard InChI is InChI=1S/C31H59B2NO/c1-31(2,34-30(35)33-29-20-12-6-3-4-7-13-21-29)25-24-26-16-14-22-28(23-15-17-26)32-27-18-10-8-5-9-11-19-27/h26-29,32-33H,3-25H2,1-2H3,(H,34,35). The molecule has 0 aromatic heterocycles. The van der Waals surface area contributed by atoms with Gasteiger partial charge in [-0.05, 0) is 32.6 Å². The molecular formula is C31H59B2NO. The lowest BCUT2D eigenvalue weighted by Crippen LogP contribution is -2.45. The van der Waals surface area contributed by atoms with Crippen LogP contribution in [-0.4, -0.2) is 25.9 Å². The zero-order chi connectivity index (χ0) is 24.8. The molecule has 0 unspecified atom stereocenters. The molecule has 200 valence electrons. The smallest absolute Gasteiger partial charge is 0.237 e. The topological polar surface area (TPSA) is 29.1 Å². The minimum absolute atomic E-state index is 0.0568. The van der Waals surface area contributed by atoms with Gasteiger partial charge in [-0.3, -0.25) is 4.79 Å². The molecular weight excluding hydrogens is 424 g/mol. The van der Waals surface area contributed by atoms with E-state index in [1.807, 2.05) is 0 Å². The molecule has 3 aliphatic carbocycles. The van der Waals surface area contributed by atoms with Gasteiger partial charge >= 0.3 is 0 Å². The maximum Gasteiger partial charge on any atom is 0.237 e. The molecule has 4 heteroatoms. The highest BCUT2D eigenvalue weighted by molar-refractivity contribution is 6.74. The summed E-state index contributed by atoms with van der Waals surface area (Å²) in [5, 5.41) is 3.45. The van der Waals surface area contributed by atoms with Crippen molar-refractivity contribution in [2.45, 2.75) is 185 Å². The number of carbonyl (C=O) groups is 1. The third-order valence-electron chi connectivity index (χ3n) is 9.95. The summed E-state index contributed by atoms with van der Waals surface area (Å²) < 4.78 is 0. The van der Waals surface area contributed by atoms with Crippen molar-refractivity contribution in [3.8, 4) is 0 Å². The van der Waals surface area contributed by atoms with Crippen molar-refractivity contribution in [3.63, 3.8) is 0 Å². The Balaban J connectivity index is 1.33. The van der Waals surface area contributed by atoms with E-state index < -0.39 is 0 Å². The van der Waals surface area contributed by atoms with Gasteiger partial charge in [0.15, 0.2) is 5.81 Å². The Bertz CT molecular complexity index is 552. The zero-order valence-corrected chi connectivity index (χ0v) is 23.9. The first-order valence-corrected chi connectivity index (χ1v) is 16.3. The van der Waals surface area contributed by atoms with Crippen LogP contribution in [0.5, 0.6) is 0 Å². The Morgan fingerprint density at radius 2 is 1.06 bits per heavy atom. The van der Waals surface area contributed by atoms with Gasteiger partial charge in [-0.25, -0.2) is 0 Å². The largest absolute Gasteiger partial charge is 0.360 e. The predicted octanol–water partition coefficient (Wildman–Crippen LogP) is 9.34. The summed E-state index contributed by atoms with van der Waals surface area (Å²) in [5.41, 5.74) is -0.0568. The molecule has 0 spiro atoms. The molecule has 35 heavy (non-hydrogen) atoms. The molecule has 0 aliphatic heterocycles. The highest BCUT2D eigenvalue weighted by Gasteiger charge is 2.26. The fraction of sp³-hybridized carbons (Fsp3) is 0.968. The highest BCUT2D eigenvalue weighted by atomic mass is 16.1. The Morgan fingerprint density at radius 1 is 0.629 bits per heavy atom. The molecule has 0 saturated heterocycles. The molecule has 0 aromatic rings. The first-order valence-electron chi connectivity index (χ1n) is 16.3. The summed E-state index contributed by atoms with van der Waals surface area (Å²) in [6.45, 7) is 4.53. The SMILES string of the molecule is CC(C)(CCC1CCCC(BC2CCCCCCC2)CCC1)NC(=O)BC1CCCCCCCC1. The summed E-state index contributed by atoms with van der Waals surface area (Å²) in [4.78, 5) is 12.9. The lowest BCUT2D eigenvalue weighted by molar-refractivity contribution is 0.241. The summed E-state index contributed by atoms with van der Waals surface area (Å²) in [6, 6.07) is 0. The maximum absolute atomic E-state index is 12.9. The van der Waals surface area contributed by atoms with E-state index in [-0.39, 0.29) is 5.54 Å². The molecule has 0 radical (unpaired) electrons. The Kier molecular flexibility index (Phi) is 13.7. The Labute approximate surface area is 220 Å². The number of amides is 1. The average molecular weight is 483 g/mol. The molecule has 3 aliphatic rings. The van der Waals surface area contributed by atoms with Crippen molar-refractivity contribution < 1.29 is 4.79 Å². The fourth-order valence-electron chi connectivity index (χ4n) is 7.69. The molecule has 0 atom stereocenters. The van der Waals surface area contributed by atoms with E-state index in [2.05, 4.69) is 19.2 Å². The van der Waals surface area contributed by atoms with Crippen molar-refractivity contribution in [1.82, 2.24) is 5.32 Å². The Morgan fingerprint density at radius 3 is 1.57 bits per heavy atom.